The molecule has 0 aromatic carbocycles. The lowest BCUT2D eigenvalue weighted by Gasteiger charge is -2.22. The van der Waals surface area contributed by atoms with Gasteiger partial charge in [-0.3, -0.25) is 9.78 Å². The quantitative estimate of drug-likeness (QED) is 0.509. The largest absolute Gasteiger partial charge is 0.334 e. The van der Waals surface area contributed by atoms with Crippen LogP contribution in [0.15, 0.2) is 42.6 Å². The zero-order valence-electron chi connectivity index (χ0n) is 15.4. The van der Waals surface area contributed by atoms with Gasteiger partial charge in [-0.25, -0.2) is 18.7 Å². The van der Waals surface area contributed by atoms with E-state index >= 15 is 0 Å². The summed E-state index contributed by atoms with van der Waals surface area (Å²) in [6.45, 7) is 4.51. The average Bonchev–Trinajstić information content (AvgIpc) is 3.28. The molecule has 0 saturated carbocycles. The van der Waals surface area contributed by atoms with Gasteiger partial charge in [0.25, 0.3) is 11.8 Å². The molecule has 0 aliphatic carbocycles. The molecule has 146 valence electrons. The number of hydrogen-bond acceptors (Lipinski definition) is 6. The summed E-state index contributed by atoms with van der Waals surface area (Å²) < 4.78 is 27.5. The smallest absolute Gasteiger partial charge is 0.273 e. The van der Waals surface area contributed by atoms with Crippen LogP contribution in [-0.4, -0.2) is 45.3 Å². The van der Waals surface area contributed by atoms with E-state index in [1.165, 1.54) is 29.7 Å². The van der Waals surface area contributed by atoms with E-state index in [0.717, 1.165) is 32.1 Å². The predicted molar refractivity (Wildman–Crippen MR) is 108 cm³/mol. The predicted octanol–water partition coefficient (Wildman–Crippen LogP) is 4.92. The Balaban J connectivity index is 1.80. The molecule has 0 saturated heterocycles. The second-order valence-electron chi connectivity index (χ2n) is 6.22. The summed E-state index contributed by atoms with van der Waals surface area (Å²) in [5.41, 5.74) is 1.84. The lowest BCUT2D eigenvalue weighted by molar-refractivity contribution is -0.0198. The number of hydrogen-bond donors (Lipinski definition) is 0. The summed E-state index contributed by atoms with van der Waals surface area (Å²) in [6, 6.07) is 3.76. The van der Waals surface area contributed by atoms with Gasteiger partial charge in [0.05, 0.1) is 17.1 Å². The Labute approximate surface area is 169 Å². The zero-order valence-corrected chi connectivity index (χ0v) is 17.0. The number of carbonyl (C=O) groups is 1. The van der Waals surface area contributed by atoms with Crippen molar-refractivity contribution in [2.24, 2.45) is 0 Å². The molecule has 3 aromatic rings. The van der Waals surface area contributed by atoms with E-state index in [9.17, 15) is 13.6 Å². The van der Waals surface area contributed by atoms with Gasteiger partial charge in [-0.05, 0) is 19.1 Å². The number of amides is 1. The molecule has 1 amide bonds. The Kier molecular flexibility index (Phi) is 5.95. The van der Waals surface area contributed by atoms with Gasteiger partial charge in [-0.1, -0.05) is 6.08 Å². The van der Waals surface area contributed by atoms with Crippen LogP contribution >= 0.6 is 22.7 Å². The molecule has 9 heteroatoms. The average molecular weight is 421 g/mol. The fourth-order valence-corrected chi connectivity index (χ4v) is 4.57. The molecule has 0 spiro atoms. The third-order valence-corrected chi connectivity index (χ3v) is 6.08. The van der Waals surface area contributed by atoms with E-state index in [1.807, 2.05) is 19.1 Å². The minimum Gasteiger partial charge on any atom is -0.334 e. The standard InChI is InChI=1S/C19H18F2N4OS2/c1-4-7-19(20,21)11-25(3)18(26)14-10-27-17(24-14)15-12(2)23-16(28-15)13-6-5-8-22-9-13/h4-6,8-10H,1,7,11H2,2-3H3. The Morgan fingerprint density at radius 2 is 2.14 bits per heavy atom. The molecule has 0 aliphatic heterocycles. The highest BCUT2D eigenvalue weighted by atomic mass is 32.1. The van der Waals surface area contributed by atoms with Crippen molar-refractivity contribution in [1.82, 2.24) is 19.9 Å². The van der Waals surface area contributed by atoms with Gasteiger partial charge in [0, 0.05) is 36.8 Å². The number of halogens is 2. The summed E-state index contributed by atoms with van der Waals surface area (Å²) in [7, 11) is 1.34. The molecule has 3 rings (SSSR count). The highest BCUT2D eigenvalue weighted by Gasteiger charge is 2.31. The molecular formula is C19H18F2N4OS2. The Bertz CT molecular complexity index is 985. The highest BCUT2D eigenvalue weighted by molar-refractivity contribution is 7.23. The maximum Gasteiger partial charge on any atom is 0.273 e. The van der Waals surface area contributed by atoms with E-state index in [0.29, 0.717) is 5.01 Å². The van der Waals surface area contributed by atoms with Crippen LogP contribution in [0.3, 0.4) is 0 Å². The van der Waals surface area contributed by atoms with Gasteiger partial charge in [0.2, 0.25) is 0 Å². The van der Waals surface area contributed by atoms with Crippen molar-refractivity contribution in [2.75, 3.05) is 13.6 Å². The van der Waals surface area contributed by atoms with Crippen molar-refractivity contribution in [2.45, 2.75) is 19.3 Å². The maximum atomic E-state index is 13.7. The van der Waals surface area contributed by atoms with Crippen molar-refractivity contribution in [3.05, 3.63) is 53.9 Å². The minimum absolute atomic E-state index is 0.146. The minimum atomic E-state index is -3.02. The number of nitrogens with zero attached hydrogens (tertiary/aromatic N) is 4. The molecule has 0 unspecified atom stereocenters. The summed E-state index contributed by atoms with van der Waals surface area (Å²) in [5, 5.41) is 3.03. The van der Waals surface area contributed by atoms with E-state index in [4.69, 9.17) is 0 Å². The number of carbonyl (C=O) groups excluding carboxylic acids is 1. The highest BCUT2D eigenvalue weighted by Crippen LogP contribution is 2.36. The van der Waals surface area contributed by atoms with E-state index in [-0.39, 0.29) is 5.69 Å². The summed E-state index contributed by atoms with van der Waals surface area (Å²) >= 11 is 2.75. The molecular weight excluding hydrogens is 402 g/mol. The number of alkyl halides is 2. The van der Waals surface area contributed by atoms with E-state index < -0.39 is 24.8 Å². The van der Waals surface area contributed by atoms with Gasteiger partial charge >= 0.3 is 0 Å². The number of rotatable bonds is 7. The Morgan fingerprint density at radius 1 is 1.36 bits per heavy atom. The van der Waals surface area contributed by atoms with Crippen LogP contribution in [0, 0.1) is 6.92 Å². The second-order valence-corrected chi connectivity index (χ2v) is 8.08. The number of pyridine rings is 1. The molecule has 0 fully saturated rings. The van der Waals surface area contributed by atoms with Crippen LogP contribution in [0.4, 0.5) is 8.78 Å². The fourth-order valence-electron chi connectivity index (χ4n) is 2.57. The Hall–Kier alpha value is -2.52. The van der Waals surface area contributed by atoms with Crippen molar-refractivity contribution in [1.29, 1.82) is 0 Å². The molecule has 0 bridgehead atoms. The van der Waals surface area contributed by atoms with E-state index in [2.05, 4.69) is 21.5 Å². The molecule has 28 heavy (non-hydrogen) atoms. The molecule has 0 N–H and O–H groups in total. The van der Waals surface area contributed by atoms with Crippen LogP contribution < -0.4 is 0 Å². The zero-order chi connectivity index (χ0) is 20.3. The van der Waals surface area contributed by atoms with Crippen LogP contribution in [0.1, 0.15) is 22.6 Å². The van der Waals surface area contributed by atoms with E-state index in [1.54, 1.807) is 17.8 Å². The molecule has 0 aliphatic rings. The van der Waals surface area contributed by atoms with Crippen molar-refractivity contribution in [3.63, 3.8) is 0 Å². The van der Waals surface area contributed by atoms with Crippen molar-refractivity contribution < 1.29 is 13.6 Å². The van der Waals surface area contributed by atoms with Crippen molar-refractivity contribution in [3.8, 4) is 20.5 Å². The van der Waals surface area contributed by atoms with Crippen LogP contribution in [0.2, 0.25) is 0 Å². The number of aryl methyl sites for hydroxylation is 1. The second kappa shape index (κ2) is 8.24. The van der Waals surface area contributed by atoms with Gasteiger partial charge in [-0.2, -0.15) is 0 Å². The topological polar surface area (TPSA) is 59.0 Å². The maximum absolute atomic E-state index is 13.7. The normalized spacial score (nSPS) is 11.4. The first-order valence-electron chi connectivity index (χ1n) is 8.38. The summed E-state index contributed by atoms with van der Waals surface area (Å²) in [6.07, 6.45) is 4.09. The molecule has 0 atom stereocenters. The van der Waals surface area contributed by atoms with Gasteiger partial charge in [0.1, 0.15) is 15.7 Å². The first-order valence-corrected chi connectivity index (χ1v) is 10.1. The first kappa shape index (κ1) is 20.2. The van der Waals surface area contributed by atoms with Gasteiger partial charge in [0.15, 0.2) is 0 Å². The van der Waals surface area contributed by atoms with Crippen LogP contribution in [0.5, 0.6) is 0 Å². The lowest BCUT2D eigenvalue weighted by Crippen LogP contribution is -2.38. The monoisotopic (exact) mass is 420 g/mol. The van der Waals surface area contributed by atoms with Crippen LogP contribution in [0.25, 0.3) is 20.5 Å². The number of allylic oxidation sites excluding steroid dienone is 1. The fraction of sp³-hybridized carbons (Fsp3) is 0.263. The molecule has 3 heterocycles. The third-order valence-electron chi connectivity index (χ3n) is 3.88. The molecule has 5 nitrogen and oxygen atoms in total. The summed E-state index contributed by atoms with van der Waals surface area (Å²) in [5.74, 6) is -3.56. The lowest BCUT2D eigenvalue weighted by atomic mass is 10.2. The van der Waals surface area contributed by atoms with Gasteiger partial charge in [-0.15, -0.1) is 29.3 Å². The third kappa shape index (κ3) is 4.48. The van der Waals surface area contributed by atoms with Crippen molar-refractivity contribution >= 4 is 28.6 Å². The molecule has 0 radical (unpaired) electrons. The van der Waals surface area contributed by atoms with Gasteiger partial charge < -0.3 is 4.90 Å². The SMILES string of the molecule is C=CCC(F)(F)CN(C)C(=O)c1csc(-c2sc(-c3cccnc3)nc2C)n1. The summed E-state index contributed by atoms with van der Waals surface area (Å²) in [4.78, 5) is 27.3. The first-order chi connectivity index (χ1) is 13.3. The molecule has 3 aromatic heterocycles. The number of thiazole rings is 2. The van der Waals surface area contributed by atoms with Crippen LogP contribution in [-0.2, 0) is 0 Å². The Morgan fingerprint density at radius 3 is 2.82 bits per heavy atom. The number of aromatic nitrogens is 3.